The minimum absolute atomic E-state index is 0.180. The van der Waals surface area contributed by atoms with E-state index in [1.165, 1.54) is 6.08 Å². The predicted molar refractivity (Wildman–Crippen MR) is 160 cm³/mol. The van der Waals surface area contributed by atoms with E-state index in [1.54, 1.807) is 22.7 Å². The summed E-state index contributed by atoms with van der Waals surface area (Å²) >= 11 is 0. The van der Waals surface area contributed by atoms with Crippen LogP contribution in [0.25, 0.3) is 27.7 Å². The number of hydrogen-bond donors (Lipinski definition) is 0. The maximum Gasteiger partial charge on any atom is 0.336 e. The number of amides is 1. The first-order chi connectivity index (χ1) is 20.5. The van der Waals surface area contributed by atoms with Gasteiger partial charge < -0.3 is 24.2 Å². The standard InChI is InChI=1S/C31H34N8O3/c1-4-28(40)38-15-14-37(19-22(38)11-12-32)30-29-33-18-27(26-17-24(41-3)16-21-8-5-6-10-25(21)26)39(29)35-31(34-30)42-20-23-9-7-13-36(23)2/h4-6,8,10,16-18,22-23H,1,7,9,11,13-15,19-20H2,2-3H3/t22-,23-/m0/s1. The smallest absolute Gasteiger partial charge is 0.336 e. The lowest BCUT2D eigenvalue weighted by Crippen LogP contribution is -2.55. The fourth-order valence-corrected chi connectivity index (χ4v) is 6.01. The number of carbonyl (C=O) groups is 1. The first kappa shape index (κ1) is 27.5. The van der Waals surface area contributed by atoms with Crippen LogP contribution in [0, 0.1) is 11.3 Å². The van der Waals surface area contributed by atoms with Crippen molar-refractivity contribution in [2.75, 3.05) is 51.8 Å². The van der Waals surface area contributed by atoms with Gasteiger partial charge in [0, 0.05) is 31.2 Å². The third-order valence-electron chi connectivity index (χ3n) is 8.32. The molecule has 0 unspecified atom stereocenters. The highest BCUT2D eigenvalue weighted by Gasteiger charge is 2.32. The van der Waals surface area contributed by atoms with E-state index < -0.39 is 0 Å². The number of likely N-dealkylation sites (N-methyl/N-ethyl adjacent to an activating group) is 1. The summed E-state index contributed by atoms with van der Waals surface area (Å²) in [5.74, 6) is 1.16. The van der Waals surface area contributed by atoms with Crippen molar-refractivity contribution in [1.82, 2.24) is 29.4 Å². The zero-order chi connectivity index (χ0) is 29.2. The second-order valence-corrected chi connectivity index (χ2v) is 10.8. The summed E-state index contributed by atoms with van der Waals surface area (Å²) in [5.41, 5.74) is 2.27. The number of piperazine rings is 1. The van der Waals surface area contributed by atoms with E-state index in [0.717, 1.165) is 47.2 Å². The van der Waals surface area contributed by atoms with Crippen molar-refractivity contribution < 1.29 is 14.3 Å². The molecule has 11 nitrogen and oxygen atoms in total. The Morgan fingerprint density at radius 3 is 2.83 bits per heavy atom. The zero-order valence-electron chi connectivity index (χ0n) is 23.9. The lowest BCUT2D eigenvalue weighted by Gasteiger charge is -2.40. The Morgan fingerprint density at radius 1 is 1.21 bits per heavy atom. The van der Waals surface area contributed by atoms with Crippen molar-refractivity contribution in [1.29, 1.82) is 5.26 Å². The van der Waals surface area contributed by atoms with Gasteiger partial charge in [0.1, 0.15) is 12.4 Å². The van der Waals surface area contributed by atoms with E-state index in [4.69, 9.17) is 24.5 Å². The molecule has 11 heteroatoms. The van der Waals surface area contributed by atoms with E-state index in [2.05, 4.69) is 41.6 Å². The number of carbonyl (C=O) groups excluding carboxylic acids is 1. The van der Waals surface area contributed by atoms with Crippen molar-refractivity contribution in [3.63, 3.8) is 0 Å². The number of methoxy groups -OCH3 is 1. The first-order valence-corrected chi connectivity index (χ1v) is 14.2. The SMILES string of the molecule is C=CC(=O)N1CCN(c2nc(OC[C@@H]3CCCN3C)nn3c(-c4cc(OC)cc5ccccc45)cnc23)C[C@@H]1CC#N. The van der Waals surface area contributed by atoms with Gasteiger partial charge in [0.2, 0.25) is 5.91 Å². The minimum Gasteiger partial charge on any atom is -0.497 e. The number of nitriles is 1. The van der Waals surface area contributed by atoms with Crippen LogP contribution in [-0.2, 0) is 4.79 Å². The molecule has 1 amide bonds. The van der Waals surface area contributed by atoms with Crippen LogP contribution in [0.5, 0.6) is 11.8 Å². The third kappa shape index (κ3) is 5.10. The van der Waals surface area contributed by atoms with Crippen LogP contribution >= 0.6 is 0 Å². The maximum atomic E-state index is 12.5. The van der Waals surface area contributed by atoms with Gasteiger partial charge in [0.15, 0.2) is 11.5 Å². The van der Waals surface area contributed by atoms with Gasteiger partial charge in [-0.05, 0) is 55.4 Å². The van der Waals surface area contributed by atoms with Crippen LogP contribution in [0.15, 0.2) is 55.3 Å². The summed E-state index contributed by atoms with van der Waals surface area (Å²) in [6, 6.07) is 14.6. The van der Waals surface area contributed by atoms with Gasteiger partial charge in [-0.25, -0.2) is 9.50 Å². The molecule has 4 aromatic rings. The number of anilines is 1. The molecule has 42 heavy (non-hydrogen) atoms. The number of nitrogens with zero attached hydrogens (tertiary/aromatic N) is 8. The molecular weight excluding hydrogens is 532 g/mol. The molecule has 0 radical (unpaired) electrons. The van der Waals surface area contributed by atoms with Crippen LogP contribution < -0.4 is 14.4 Å². The summed E-state index contributed by atoms with van der Waals surface area (Å²) in [7, 11) is 3.76. The number of benzene rings is 2. The van der Waals surface area contributed by atoms with E-state index in [0.29, 0.717) is 43.7 Å². The molecule has 2 aromatic heterocycles. The lowest BCUT2D eigenvalue weighted by molar-refractivity contribution is -0.128. The Morgan fingerprint density at radius 2 is 2.07 bits per heavy atom. The molecular formula is C31H34N8O3. The molecule has 2 atom stereocenters. The monoisotopic (exact) mass is 566 g/mol. The summed E-state index contributed by atoms with van der Waals surface area (Å²) < 4.78 is 13.7. The summed E-state index contributed by atoms with van der Waals surface area (Å²) in [5, 5.41) is 16.4. The largest absolute Gasteiger partial charge is 0.497 e. The average Bonchev–Trinajstić information content (AvgIpc) is 3.64. The van der Waals surface area contributed by atoms with Gasteiger partial charge in [0.05, 0.1) is 37.5 Å². The summed E-state index contributed by atoms with van der Waals surface area (Å²) in [4.78, 5) is 28.2. The Balaban J connectivity index is 1.45. The molecule has 6 rings (SSSR count). The minimum atomic E-state index is -0.308. The van der Waals surface area contributed by atoms with E-state index in [-0.39, 0.29) is 24.4 Å². The van der Waals surface area contributed by atoms with E-state index in [1.807, 2.05) is 24.3 Å². The molecule has 2 aromatic carbocycles. The van der Waals surface area contributed by atoms with Gasteiger partial charge >= 0.3 is 6.01 Å². The summed E-state index contributed by atoms with van der Waals surface area (Å²) in [6.45, 7) is 6.53. The highest BCUT2D eigenvalue weighted by Crippen LogP contribution is 2.35. The van der Waals surface area contributed by atoms with Gasteiger partial charge in [-0.2, -0.15) is 10.2 Å². The van der Waals surface area contributed by atoms with Crippen molar-refractivity contribution in [2.45, 2.75) is 31.3 Å². The van der Waals surface area contributed by atoms with Crippen LogP contribution in [-0.4, -0.2) is 94.3 Å². The molecule has 2 fully saturated rings. The Bertz CT molecular complexity index is 1680. The van der Waals surface area contributed by atoms with Crippen molar-refractivity contribution in [2.24, 2.45) is 0 Å². The normalized spacial score (nSPS) is 19.3. The van der Waals surface area contributed by atoms with Crippen molar-refractivity contribution in [3.8, 4) is 29.1 Å². The zero-order valence-corrected chi connectivity index (χ0v) is 23.9. The number of ether oxygens (including phenoxy) is 2. The predicted octanol–water partition coefficient (Wildman–Crippen LogP) is 3.54. The molecule has 0 N–H and O–H groups in total. The number of rotatable bonds is 8. The van der Waals surface area contributed by atoms with E-state index >= 15 is 0 Å². The number of fused-ring (bicyclic) bond motifs is 2. The molecule has 4 heterocycles. The van der Waals surface area contributed by atoms with E-state index in [9.17, 15) is 10.1 Å². The van der Waals surface area contributed by atoms with Gasteiger partial charge in [0.25, 0.3) is 0 Å². The topological polar surface area (TPSA) is 112 Å². The van der Waals surface area contributed by atoms with Crippen LogP contribution in [0.2, 0.25) is 0 Å². The number of aromatic nitrogens is 4. The van der Waals surface area contributed by atoms with Crippen molar-refractivity contribution >= 4 is 28.1 Å². The Hall–Kier alpha value is -4.69. The molecule has 0 spiro atoms. The number of hydrogen-bond acceptors (Lipinski definition) is 9. The Labute approximate surface area is 244 Å². The molecule has 2 aliphatic heterocycles. The average molecular weight is 567 g/mol. The lowest BCUT2D eigenvalue weighted by atomic mass is 10.0. The molecule has 0 aliphatic carbocycles. The highest BCUT2D eigenvalue weighted by molar-refractivity contribution is 5.97. The number of likely N-dealkylation sites (tertiary alicyclic amines) is 1. The molecule has 0 saturated carbocycles. The Kier molecular flexibility index (Phi) is 7.63. The fraction of sp³-hybridized carbons (Fsp3) is 0.387. The quantitative estimate of drug-likeness (QED) is 0.296. The second-order valence-electron chi connectivity index (χ2n) is 10.8. The molecule has 2 aliphatic rings. The van der Waals surface area contributed by atoms with Gasteiger partial charge in [-0.15, -0.1) is 5.10 Å². The maximum absolute atomic E-state index is 12.5. The molecule has 216 valence electrons. The van der Waals surface area contributed by atoms with Gasteiger partial charge in [-0.1, -0.05) is 30.8 Å². The van der Waals surface area contributed by atoms with Crippen LogP contribution in [0.1, 0.15) is 19.3 Å². The highest BCUT2D eigenvalue weighted by atomic mass is 16.5. The molecule has 2 saturated heterocycles. The van der Waals surface area contributed by atoms with Gasteiger partial charge in [-0.3, -0.25) is 4.79 Å². The fourth-order valence-electron chi connectivity index (χ4n) is 6.01. The molecule has 0 bridgehead atoms. The third-order valence-corrected chi connectivity index (χ3v) is 8.32. The first-order valence-electron chi connectivity index (χ1n) is 14.2. The second kappa shape index (κ2) is 11.7. The van der Waals surface area contributed by atoms with Crippen molar-refractivity contribution in [3.05, 3.63) is 55.3 Å². The van der Waals surface area contributed by atoms with Crippen LogP contribution in [0.4, 0.5) is 5.82 Å². The van der Waals surface area contributed by atoms with Crippen LogP contribution in [0.3, 0.4) is 0 Å². The summed E-state index contributed by atoms with van der Waals surface area (Å²) in [6.07, 6.45) is 5.50. The number of imidazole rings is 1.